The molecule has 1 aromatic heterocycles. The van der Waals surface area contributed by atoms with Crippen LogP contribution < -0.4 is 0 Å². The monoisotopic (exact) mass is 213 g/mol. The van der Waals surface area contributed by atoms with E-state index in [0.29, 0.717) is 11.6 Å². The summed E-state index contributed by atoms with van der Waals surface area (Å²) in [6.45, 7) is 4.28. The Labute approximate surface area is 95.6 Å². The van der Waals surface area contributed by atoms with Gasteiger partial charge >= 0.3 is 0 Å². The molecule has 0 bridgehead atoms. The summed E-state index contributed by atoms with van der Waals surface area (Å²) < 4.78 is 0. The molecule has 0 saturated carbocycles. The van der Waals surface area contributed by atoms with Crippen LogP contribution in [0, 0.1) is 0 Å². The Morgan fingerprint density at radius 3 is 2.50 bits per heavy atom. The average Bonchev–Trinajstić information content (AvgIpc) is 2.29. The van der Waals surface area contributed by atoms with E-state index in [9.17, 15) is 5.11 Å². The molecule has 0 amide bonds. The van der Waals surface area contributed by atoms with E-state index in [1.54, 1.807) is 18.3 Å². The molecule has 0 aliphatic rings. The molecule has 2 heteroatoms. The fraction of sp³-hybridized carbons (Fsp3) is 0.214. The molecule has 0 aliphatic heterocycles. The maximum Gasteiger partial charge on any atom is 0.141 e. The Hall–Kier alpha value is -1.83. The van der Waals surface area contributed by atoms with Crippen LogP contribution in [0.2, 0.25) is 0 Å². The zero-order valence-electron chi connectivity index (χ0n) is 9.51. The summed E-state index contributed by atoms with van der Waals surface area (Å²) >= 11 is 0. The summed E-state index contributed by atoms with van der Waals surface area (Å²) in [5, 5.41) is 9.81. The van der Waals surface area contributed by atoms with E-state index in [1.165, 1.54) is 5.56 Å². The van der Waals surface area contributed by atoms with Gasteiger partial charge in [-0.3, -0.25) is 4.98 Å². The fourth-order valence-electron chi connectivity index (χ4n) is 1.82. The standard InChI is InChI=1S/C14H15NO/c1-10(2)11-6-3-4-7-12(11)14-13(16)8-5-9-15-14/h3-10,16H,1-2H3. The van der Waals surface area contributed by atoms with Crippen molar-refractivity contribution in [1.29, 1.82) is 0 Å². The zero-order chi connectivity index (χ0) is 11.5. The number of hydrogen-bond donors (Lipinski definition) is 1. The SMILES string of the molecule is CC(C)c1ccccc1-c1ncccc1O. The van der Waals surface area contributed by atoms with Crippen molar-refractivity contribution in [1.82, 2.24) is 4.98 Å². The number of aromatic nitrogens is 1. The van der Waals surface area contributed by atoms with Crippen LogP contribution in [-0.4, -0.2) is 10.1 Å². The molecule has 0 saturated heterocycles. The molecule has 0 atom stereocenters. The summed E-state index contributed by atoms with van der Waals surface area (Å²) in [6.07, 6.45) is 1.70. The van der Waals surface area contributed by atoms with Crippen LogP contribution in [0.5, 0.6) is 5.75 Å². The molecule has 0 radical (unpaired) electrons. The number of hydrogen-bond acceptors (Lipinski definition) is 2. The minimum absolute atomic E-state index is 0.232. The minimum Gasteiger partial charge on any atom is -0.506 e. The van der Waals surface area contributed by atoms with E-state index >= 15 is 0 Å². The van der Waals surface area contributed by atoms with Crippen LogP contribution in [0.3, 0.4) is 0 Å². The van der Waals surface area contributed by atoms with Crippen molar-refractivity contribution in [2.24, 2.45) is 0 Å². The van der Waals surface area contributed by atoms with Crippen molar-refractivity contribution >= 4 is 0 Å². The summed E-state index contributed by atoms with van der Waals surface area (Å²) in [7, 11) is 0. The maximum atomic E-state index is 9.81. The van der Waals surface area contributed by atoms with Gasteiger partial charge < -0.3 is 5.11 Å². The van der Waals surface area contributed by atoms with Crippen LogP contribution in [0.25, 0.3) is 11.3 Å². The third-order valence-electron chi connectivity index (χ3n) is 2.62. The molecule has 2 aromatic rings. The van der Waals surface area contributed by atoms with Gasteiger partial charge in [0.2, 0.25) is 0 Å². The van der Waals surface area contributed by atoms with Crippen molar-refractivity contribution < 1.29 is 5.11 Å². The predicted octanol–water partition coefficient (Wildman–Crippen LogP) is 3.58. The quantitative estimate of drug-likeness (QED) is 0.827. The second kappa shape index (κ2) is 4.35. The Morgan fingerprint density at radius 1 is 1.06 bits per heavy atom. The Kier molecular flexibility index (Phi) is 2.91. The fourth-order valence-corrected chi connectivity index (χ4v) is 1.82. The second-order valence-corrected chi connectivity index (χ2v) is 4.11. The van der Waals surface area contributed by atoms with Gasteiger partial charge in [0.15, 0.2) is 0 Å². The van der Waals surface area contributed by atoms with Gasteiger partial charge in [0.1, 0.15) is 11.4 Å². The zero-order valence-corrected chi connectivity index (χ0v) is 9.51. The summed E-state index contributed by atoms with van der Waals surface area (Å²) in [5.41, 5.74) is 2.87. The van der Waals surface area contributed by atoms with Gasteiger partial charge in [0.05, 0.1) is 0 Å². The molecule has 1 N–H and O–H groups in total. The average molecular weight is 213 g/mol. The third-order valence-corrected chi connectivity index (χ3v) is 2.62. The van der Waals surface area contributed by atoms with Crippen LogP contribution >= 0.6 is 0 Å². The first kappa shape index (κ1) is 10.7. The lowest BCUT2D eigenvalue weighted by molar-refractivity contribution is 0.475. The van der Waals surface area contributed by atoms with Gasteiger partial charge in [-0.25, -0.2) is 0 Å². The van der Waals surface area contributed by atoms with E-state index < -0.39 is 0 Å². The van der Waals surface area contributed by atoms with Crippen molar-refractivity contribution in [3.8, 4) is 17.0 Å². The Balaban J connectivity index is 2.60. The Morgan fingerprint density at radius 2 is 1.81 bits per heavy atom. The third kappa shape index (κ3) is 1.91. The topological polar surface area (TPSA) is 33.1 Å². The molecular formula is C14H15NO. The number of rotatable bonds is 2. The van der Waals surface area contributed by atoms with Gasteiger partial charge in [-0.1, -0.05) is 38.1 Å². The largest absolute Gasteiger partial charge is 0.506 e. The molecule has 2 nitrogen and oxygen atoms in total. The van der Waals surface area contributed by atoms with E-state index in [4.69, 9.17) is 0 Å². The molecule has 16 heavy (non-hydrogen) atoms. The molecular weight excluding hydrogens is 198 g/mol. The highest BCUT2D eigenvalue weighted by molar-refractivity contribution is 5.69. The van der Waals surface area contributed by atoms with E-state index in [0.717, 1.165) is 5.56 Å². The predicted molar refractivity (Wildman–Crippen MR) is 65.4 cm³/mol. The van der Waals surface area contributed by atoms with Gasteiger partial charge in [-0.2, -0.15) is 0 Å². The lowest BCUT2D eigenvalue weighted by Crippen LogP contribution is -1.93. The molecule has 0 unspecified atom stereocenters. The molecule has 1 heterocycles. The lowest BCUT2D eigenvalue weighted by atomic mass is 9.95. The molecule has 0 aliphatic carbocycles. The van der Waals surface area contributed by atoms with E-state index in [1.807, 2.05) is 18.2 Å². The van der Waals surface area contributed by atoms with Crippen molar-refractivity contribution in [3.05, 3.63) is 48.2 Å². The highest BCUT2D eigenvalue weighted by Gasteiger charge is 2.11. The summed E-state index contributed by atoms with van der Waals surface area (Å²) in [6, 6.07) is 11.5. The molecule has 1 aromatic carbocycles. The van der Waals surface area contributed by atoms with Crippen LogP contribution in [0.4, 0.5) is 0 Å². The first-order valence-electron chi connectivity index (χ1n) is 5.43. The van der Waals surface area contributed by atoms with E-state index in [-0.39, 0.29) is 5.75 Å². The molecule has 2 rings (SSSR count). The number of aromatic hydroxyl groups is 1. The van der Waals surface area contributed by atoms with Crippen molar-refractivity contribution in [2.75, 3.05) is 0 Å². The van der Waals surface area contributed by atoms with Gasteiger partial charge in [-0.05, 0) is 23.6 Å². The highest BCUT2D eigenvalue weighted by atomic mass is 16.3. The van der Waals surface area contributed by atoms with Gasteiger partial charge in [0.25, 0.3) is 0 Å². The molecule has 0 fully saturated rings. The van der Waals surface area contributed by atoms with Crippen LogP contribution in [0.1, 0.15) is 25.3 Å². The van der Waals surface area contributed by atoms with Crippen LogP contribution in [0.15, 0.2) is 42.6 Å². The second-order valence-electron chi connectivity index (χ2n) is 4.11. The number of benzene rings is 1. The molecule has 82 valence electrons. The first-order valence-corrected chi connectivity index (χ1v) is 5.43. The van der Waals surface area contributed by atoms with Crippen molar-refractivity contribution in [2.45, 2.75) is 19.8 Å². The summed E-state index contributed by atoms with van der Waals surface area (Å²) in [4.78, 5) is 4.24. The Bertz CT molecular complexity index is 492. The lowest BCUT2D eigenvalue weighted by Gasteiger charge is -2.12. The van der Waals surface area contributed by atoms with Crippen LogP contribution in [-0.2, 0) is 0 Å². The summed E-state index contributed by atoms with van der Waals surface area (Å²) in [5.74, 6) is 0.646. The highest BCUT2D eigenvalue weighted by Crippen LogP contribution is 2.32. The van der Waals surface area contributed by atoms with E-state index in [2.05, 4.69) is 24.9 Å². The number of pyridine rings is 1. The normalized spacial score (nSPS) is 10.7. The molecule has 0 spiro atoms. The minimum atomic E-state index is 0.232. The van der Waals surface area contributed by atoms with Crippen molar-refractivity contribution in [3.63, 3.8) is 0 Å². The smallest absolute Gasteiger partial charge is 0.141 e. The maximum absolute atomic E-state index is 9.81. The van der Waals surface area contributed by atoms with Gasteiger partial charge in [0, 0.05) is 11.8 Å². The van der Waals surface area contributed by atoms with Gasteiger partial charge in [-0.15, -0.1) is 0 Å². The first-order chi connectivity index (χ1) is 7.70. The number of nitrogens with zero attached hydrogens (tertiary/aromatic N) is 1.